The van der Waals surface area contributed by atoms with Crippen LogP contribution < -0.4 is 9.47 Å². The molecule has 0 saturated carbocycles. The van der Waals surface area contributed by atoms with E-state index in [1.54, 1.807) is 25.3 Å². The molecule has 0 aliphatic heterocycles. The van der Waals surface area contributed by atoms with Gasteiger partial charge in [0.2, 0.25) is 5.90 Å². The van der Waals surface area contributed by atoms with Crippen molar-refractivity contribution < 1.29 is 14.3 Å². The molecule has 136 valence electrons. The number of hydrogen-bond acceptors (Lipinski definition) is 4. The molecule has 4 nitrogen and oxygen atoms in total. The van der Waals surface area contributed by atoms with Crippen molar-refractivity contribution in [1.29, 1.82) is 0 Å². The molecule has 0 unspecified atom stereocenters. The minimum absolute atomic E-state index is 0.135. The molecule has 0 aliphatic rings. The fraction of sp³-hybridized carbons (Fsp3) is 0.0909. The van der Waals surface area contributed by atoms with Gasteiger partial charge < -0.3 is 9.47 Å². The lowest BCUT2D eigenvalue weighted by Gasteiger charge is -2.12. The molecule has 0 N–H and O–H groups in total. The molecule has 0 heterocycles. The highest BCUT2D eigenvalue weighted by molar-refractivity contribution is 6.31. The van der Waals surface area contributed by atoms with E-state index in [-0.39, 0.29) is 5.78 Å². The molecule has 27 heavy (non-hydrogen) atoms. The molecule has 0 spiro atoms. The van der Waals surface area contributed by atoms with Crippen molar-refractivity contribution in [2.45, 2.75) is 6.92 Å². The van der Waals surface area contributed by atoms with Gasteiger partial charge in [-0.1, -0.05) is 29.8 Å². The number of benzene rings is 3. The molecular weight excluding hydrogens is 362 g/mol. The van der Waals surface area contributed by atoms with Crippen LogP contribution in [0.5, 0.6) is 11.5 Å². The Morgan fingerprint density at radius 1 is 0.963 bits per heavy atom. The van der Waals surface area contributed by atoms with E-state index in [9.17, 15) is 4.79 Å². The fourth-order valence-electron chi connectivity index (χ4n) is 2.47. The molecule has 0 saturated heterocycles. The van der Waals surface area contributed by atoms with Crippen LogP contribution in [-0.2, 0) is 0 Å². The molecule has 0 aromatic heterocycles. The summed E-state index contributed by atoms with van der Waals surface area (Å²) < 4.78 is 11.2. The van der Waals surface area contributed by atoms with Crippen LogP contribution in [0.2, 0.25) is 5.02 Å². The van der Waals surface area contributed by atoms with Crippen LogP contribution in [0.25, 0.3) is 0 Å². The first-order valence-corrected chi connectivity index (χ1v) is 8.71. The highest BCUT2D eigenvalue weighted by atomic mass is 35.5. The summed E-state index contributed by atoms with van der Waals surface area (Å²) in [5.74, 6) is 1.39. The molecule has 0 amide bonds. The van der Waals surface area contributed by atoms with Crippen molar-refractivity contribution in [3.8, 4) is 11.5 Å². The fourth-order valence-corrected chi connectivity index (χ4v) is 2.64. The number of nitrogens with zero attached hydrogens (tertiary/aromatic N) is 1. The van der Waals surface area contributed by atoms with Crippen molar-refractivity contribution in [1.82, 2.24) is 0 Å². The van der Waals surface area contributed by atoms with Gasteiger partial charge in [-0.3, -0.25) is 4.79 Å². The van der Waals surface area contributed by atoms with Crippen molar-refractivity contribution in [3.63, 3.8) is 0 Å². The maximum absolute atomic E-state index is 12.0. The summed E-state index contributed by atoms with van der Waals surface area (Å²) in [4.78, 5) is 16.6. The Kier molecular flexibility index (Phi) is 5.89. The first-order chi connectivity index (χ1) is 13.1. The zero-order valence-electron chi connectivity index (χ0n) is 15.0. The van der Waals surface area contributed by atoms with Gasteiger partial charge in [-0.2, -0.15) is 0 Å². The summed E-state index contributed by atoms with van der Waals surface area (Å²) in [6.07, 6.45) is 0. The standard InChI is InChI=1S/C22H18ClNO3/c1-15(25)20-14-17(23)8-13-21(20)27-22(16-6-4-3-5-7-16)24-18-9-11-19(26-2)12-10-18/h3-14H,1-2H3. The van der Waals surface area contributed by atoms with Gasteiger partial charge in [0, 0.05) is 10.6 Å². The van der Waals surface area contributed by atoms with E-state index >= 15 is 0 Å². The number of aliphatic imine (C=N–C) groups is 1. The van der Waals surface area contributed by atoms with E-state index in [0.29, 0.717) is 27.9 Å². The van der Waals surface area contributed by atoms with Crippen molar-refractivity contribution in [2.75, 3.05) is 7.11 Å². The zero-order chi connectivity index (χ0) is 19.2. The van der Waals surface area contributed by atoms with Crippen molar-refractivity contribution >= 4 is 29.0 Å². The lowest BCUT2D eigenvalue weighted by molar-refractivity contribution is 0.101. The number of rotatable bonds is 5. The Morgan fingerprint density at radius 3 is 2.30 bits per heavy atom. The number of Topliss-reactive ketones (excluding diaryl/α,β-unsaturated/α-hetero) is 1. The third-order valence-electron chi connectivity index (χ3n) is 3.85. The third kappa shape index (κ3) is 4.74. The molecule has 3 aromatic carbocycles. The van der Waals surface area contributed by atoms with Crippen LogP contribution in [0.4, 0.5) is 5.69 Å². The molecule has 5 heteroatoms. The molecule has 0 aliphatic carbocycles. The van der Waals surface area contributed by atoms with Gasteiger partial charge in [-0.15, -0.1) is 0 Å². The predicted molar refractivity (Wildman–Crippen MR) is 108 cm³/mol. The zero-order valence-corrected chi connectivity index (χ0v) is 15.7. The molecule has 0 fully saturated rings. The topological polar surface area (TPSA) is 47.9 Å². The summed E-state index contributed by atoms with van der Waals surface area (Å²) in [5.41, 5.74) is 1.90. The number of carbonyl (C=O) groups is 1. The number of ether oxygens (including phenoxy) is 2. The second kappa shape index (κ2) is 8.52. The van der Waals surface area contributed by atoms with Gasteiger partial charge in [-0.25, -0.2) is 4.99 Å². The maximum atomic E-state index is 12.0. The van der Waals surface area contributed by atoms with Crippen LogP contribution in [0, 0.1) is 0 Å². The minimum atomic E-state index is -0.135. The number of hydrogen-bond donors (Lipinski definition) is 0. The Bertz CT molecular complexity index is 967. The first-order valence-electron chi connectivity index (χ1n) is 8.33. The van der Waals surface area contributed by atoms with Crippen LogP contribution in [-0.4, -0.2) is 18.8 Å². The van der Waals surface area contributed by atoms with Crippen LogP contribution in [0.15, 0.2) is 77.8 Å². The van der Waals surface area contributed by atoms with E-state index in [1.165, 1.54) is 6.92 Å². The number of ketones is 1. The maximum Gasteiger partial charge on any atom is 0.227 e. The third-order valence-corrected chi connectivity index (χ3v) is 4.09. The highest BCUT2D eigenvalue weighted by Gasteiger charge is 2.14. The predicted octanol–water partition coefficient (Wildman–Crippen LogP) is 5.71. The second-order valence-electron chi connectivity index (χ2n) is 5.78. The van der Waals surface area contributed by atoms with Gasteiger partial charge in [0.1, 0.15) is 11.5 Å². The minimum Gasteiger partial charge on any atom is -0.497 e. The van der Waals surface area contributed by atoms with E-state index < -0.39 is 0 Å². The van der Waals surface area contributed by atoms with Gasteiger partial charge in [-0.05, 0) is 61.5 Å². The average molecular weight is 380 g/mol. The van der Waals surface area contributed by atoms with Crippen molar-refractivity contribution in [3.05, 3.63) is 88.9 Å². The monoisotopic (exact) mass is 379 g/mol. The summed E-state index contributed by atoms with van der Waals surface area (Å²) in [7, 11) is 1.61. The van der Waals surface area contributed by atoms with Gasteiger partial charge in [0.15, 0.2) is 5.78 Å². The Labute approximate surface area is 163 Å². The molecule has 3 rings (SSSR count). The second-order valence-corrected chi connectivity index (χ2v) is 6.22. The van der Waals surface area contributed by atoms with Crippen molar-refractivity contribution in [2.24, 2.45) is 4.99 Å². The van der Waals surface area contributed by atoms with E-state index in [1.807, 2.05) is 54.6 Å². The van der Waals surface area contributed by atoms with E-state index in [4.69, 9.17) is 21.1 Å². The van der Waals surface area contributed by atoms with Crippen LogP contribution in [0.1, 0.15) is 22.8 Å². The summed E-state index contributed by atoms with van der Waals surface area (Å²) in [6, 6.07) is 21.8. The molecular formula is C22H18ClNO3. The SMILES string of the molecule is COc1ccc(N=C(Oc2ccc(Cl)cc2C(C)=O)c2ccccc2)cc1. The number of carbonyl (C=O) groups excluding carboxylic acids is 1. The van der Waals surface area contributed by atoms with Crippen LogP contribution in [0.3, 0.4) is 0 Å². The average Bonchev–Trinajstić information content (AvgIpc) is 2.69. The number of halogens is 1. The van der Waals surface area contributed by atoms with E-state index in [2.05, 4.69) is 4.99 Å². The highest BCUT2D eigenvalue weighted by Crippen LogP contribution is 2.26. The van der Waals surface area contributed by atoms with E-state index in [0.717, 1.165) is 11.3 Å². The smallest absolute Gasteiger partial charge is 0.227 e. The summed E-state index contributed by atoms with van der Waals surface area (Å²) >= 11 is 6.02. The first kappa shape index (κ1) is 18.7. The Morgan fingerprint density at radius 2 is 1.67 bits per heavy atom. The summed E-state index contributed by atoms with van der Waals surface area (Å²) in [6.45, 7) is 1.47. The molecule has 0 bridgehead atoms. The lowest BCUT2D eigenvalue weighted by Crippen LogP contribution is -2.12. The quantitative estimate of drug-likeness (QED) is 0.324. The number of methoxy groups -OCH3 is 1. The van der Waals surface area contributed by atoms with Crippen LogP contribution >= 0.6 is 11.6 Å². The Hall–Kier alpha value is -3.11. The summed E-state index contributed by atoms with van der Waals surface area (Å²) in [5, 5.41) is 0.473. The molecule has 0 radical (unpaired) electrons. The normalized spacial score (nSPS) is 11.1. The van der Waals surface area contributed by atoms with Gasteiger partial charge in [0.05, 0.1) is 18.4 Å². The largest absolute Gasteiger partial charge is 0.497 e. The van der Waals surface area contributed by atoms with Gasteiger partial charge in [0.25, 0.3) is 0 Å². The lowest BCUT2D eigenvalue weighted by atomic mass is 10.1. The van der Waals surface area contributed by atoms with Gasteiger partial charge >= 0.3 is 0 Å². The Balaban J connectivity index is 2.03. The molecule has 3 aromatic rings. The molecule has 0 atom stereocenters.